The molecule has 5 nitrogen and oxygen atoms in total. The highest BCUT2D eigenvalue weighted by Crippen LogP contribution is 2.26. The van der Waals surface area contributed by atoms with E-state index in [1.807, 2.05) is 26.0 Å². The highest BCUT2D eigenvalue weighted by atomic mass is 79.9. The molecule has 1 heterocycles. The van der Waals surface area contributed by atoms with E-state index in [4.69, 9.17) is 5.11 Å². The molecule has 0 aliphatic rings. The molecule has 30 heavy (non-hydrogen) atoms. The molecule has 2 N–H and O–H groups in total. The Morgan fingerprint density at radius 1 is 1.03 bits per heavy atom. The van der Waals surface area contributed by atoms with Crippen molar-refractivity contribution in [1.29, 1.82) is 0 Å². The SMILES string of the molecule is Cc1cc(-c2cc(NCCc3c(F)cc(Br)cc3F)ncn2)cc(C)c1CC(=O)O. The van der Waals surface area contributed by atoms with E-state index in [0.29, 0.717) is 22.5 Å². The lowest BCUT2D eigenvalue weighted by Crippen LogP contribution is -2.09. The van der Waals surface area contributed by atoms with Crippen molar-refractivity contribution in [1.82, 2.24) is 9.97 Å². The maximum absolute atomic E-state index is 13.9. The molecule has 0 unspecified atom stereocenters. The number of hydrogen-bond acceptors (Lipinski definition) is 4. The van der Waals surface area contributed by atoms with Crippen LogP contribution >= 0.6 is 15.9 Å². The first kappa shape index (κ1) is 21.8. The highest BCUT2D eigenvalue weighted by molar-refractivity contribution is 9.10. The molecule has 8 heteroatoms. The van der Waals surface area contributed by atoms with Crippen LogP contribution in [0.15, 0.2) is 41.1 Å². The number of aliphatic carboxylic acids is 1. The van der Waals surface area contributed by atoms with Gasteiger partial charge >= 0.3 is 5.97 Å². The topological polar surface area (TPSA) is 75.1 Å². The van der Waals surface area contributed by atoms with E-state index >= 15 is 0 Å². The summed E-state index contributed by atoms with van der Waals surface area (Å²) >= 11 is 3.07. The molecule has 0 bridgehead atoms. The quantitative estimate of drug-likeness (QED) is 0.498. The number of rotatable bonds is 7. The summed E-state index contributed by atoms with van der Waals surface area (Å²) < 4.78 is 28.3. The van der Waals surface area contributed by atoms with Crippen LogP contribution < -0.4 is 5.32 Å². The van der Waals surface area contributed by atoms with Crippen LogP contribution in [0.25, 0.3) is 11.3 Å². The predicted octanol–water partition coefficient (Wildman–Crippen LogP) is 5.08. The van der Waals surface area contributed by atoms with Crippen molar-refractivity contribution in [2.24, 2.45) is 0 Å². The third-order valence-electron chi connectivity index (χ3n) is 4.77. The van der Waals surface area contributed by atoms with Gasteiger partial charge in [0.25, 0.3) is 0 Å². The third-order valence-corrected chi connectivity index (χ3v) is 5.23. The summed E-state index contributed by atoms with van der Waals surface area (Å²) in [5.74, 6) is -1.54. The van der Waals surface area contributed by atoms with Crippen molar-refractivity contribution in [3.05, 3.63) is 75.0 Å². The van der Waals surface area contributed by atoms with E-state index in [9.17, 15) is 13.6 Å². The lowest BCUT2D eigenvalue weighted by molar-refractivity contribution is -0.136. The first-order valence-corrected chi connectivity index (χ1v) is 10.1. The minimum absolute atomic E-state index is 0.0141. The van der Waals surface area contributed by atoms with Crippen LogP contribution in [0.4, 0.5) is 14.6 Å². The van der Waals surface area contributed by atoms with E-state index in [1.54, 1.807) is 6.07 Å². The number of carboxylic acid groups (broad SMARTS) is 1. The fourth-order valence-electron chi connectivity index (χ4n) is 3.31. The van der Waals surface area contributed by atoms with E-state index in [0.717, 1.165) is 22.3 Å². The summed E-state index contributed by atoms with van der Waals surface area (Å²) in [5.41, 5.74) is 4.07. The summed E-state index contributed by atoms with van der Waals surface area (Å²) in [5, 5.41) is 12.1. The van der Waals surface area contributed by atoms with Crippen LogP contribution in [0.5, 0.6) is 0 Å². The summed E-state index contributed by atoms with van der Waals surface area (Å²) in [4.78, 5) is 19.5. The van der Waals surface area contributed by atoms with Crippen molar-refractivity contribution >= 4 is 27.7 Å². The molecule has 0 amide bonds. The third kappa shape index (κ3) is 5.18. The standard InChI is InChI=1S/C22H20BrF2N3O2/c1-12-5-14(6-13(2)17(12)9-22(29)30)20-10-21(28-11-27-20)26-4-3-16-18(24)7-15(23)8-19(16)25/h5-8,10-11H,3-4,9H2,1-2H3,(H,29,30)(H,26,27,28). The predicted molar refractivity (Wildman–Crippen MR) is 115 cm³/mol. The smallest absolute Gasteiger partial charge is 0.307 e. The molecule has 0 spiro atoms. The first-order valence-electron chi connectivity index (χ1n) is 9.26. The first-order chi connectivity index (χ1) is 14.2. The average molecular weight is 476 g/mol. The monoisotopic (exact) mass is 475 g/mol. The van der Waals surface area contributed by atoms with Crippen molar-refractivity contribution in [3.63, 3.8) is 0 Å². The number of carbonyl (C=O) groups is 1. The van der Waals surface area contributed by atoms with E-state index in [1.165, 1.54) is 18.5 Å². The van der Waals surface area contributed by atoms with Crippen LogP contribution in [-0.2, 0) is 17.6 Å². The Kier molecular flexibility index (Phi) is 6.77. The number of nitrogens with zero attached hydrogens (tertiary/aromatic N) is 2. The van der Waals surface area contributed by atoms with Gasteiger partial charge < -0.3 is 10.4 Å². The number of benzene rings is 2. The minimum atomic E-state index is -0.874. The molecule has 0 aliphatic heterocycles. The van der Waals surface area contributed by atoms with Gasteiger partial charge in [-0.25, -0.2) is 18.7 Å². The van der Waals surface area contributed by atoms with Crippen LogP contribution in [0, 0.1) is 25.5 Å². The molecule has 2 aromatic carbocycles. The van der Waals surface area contributed by atoms with Gasteiger partial charge in [0.2, 0.25) is 0 Å². The van der Waals surface area contributed by atoms with Gasteiger partial charge in [-0.2, -0.15) is 0 Å². The van der Waals surface area contributed by atoms with E-state index in [2.05, 4.69) is 31.2 Å². The van der Waals surface area contributed by atoms with Gasteiger partial charge in [0.1, 0.15) is 23.8 Å². The van der Waals surface area contributed by atoms with Gasteiger partial charge in [0.15, 0.2) is 0 Å². The normalized spacial score (nSPS) is 10.8. The molecule has 0 radical (unpaired) electrons. The zero-order valence-electron chi connectivity index (χ0n) is 16.5. The largest absolute Gasteiger partial charge is 0.481 e. The van der Waals surface area contributed by atoms with Gasteiger partial charge in [-0.15, -0.1) is 0 Å². The Bertz CT molecular complexity index is 1060. The molecular weight excluding hydrogens is 456 g/mol. The molecular formula is C22H20BrF2N3O2. The van der Waals surface area contributed by atoms with Gasteiger partial charge in [-0.05, 0) is 61.2 Å². The minimum Gasteiger partial charge on any atom is -0.481 e. The van der Waals surface area contributed by atoms with Gasteiger partial charge in [0, 0.05) is 28.2 Å². The molecule has 156 valence electrons. The number of aryl methyl sites for hydroxylation is 2. The highest BCUT2D eigenvalue weighted by Gasteiger charge is 2.12. The van der Waals surface area contributed by atoms with Crippen LogP contribution in [0.1, 0.15) is 22.3 Å². The Labute approximate surface area is 181 Å². The maximum Gasteiger partial charge on any atom is 0.307 e. The van der Waals surface area contributed by atoms with E-state index < -0.39 is 17.6 Å². The Balaban J connectivity index is 1.75. The second-order valence-corrected chi connectivity index (χ2v) is 7.89. The maximum atomic E-state index is 13.9. The molecule has 0 saturated carbocycles. The Hall–Kier alpha value is -2.87. The fraction of sp³-hybridized carbons (Fsp3) is 0.227. The van der Waals surface area contributed by atoms with Gasteiger partial charge in [-0.1, -0.05) is 15.9 Å². The second kappa shape index (κ2) is 9.30. The van der Waals surface area contributed by atoms with E-state index in [-0.39, 0.29) is 18.4 Å². The lowest BCUT2D eigenvalue weighted by atomic mass is 9.96. The molecule has 3 aromatic rings. The molecule has 0 fully saturated rings. The molecule has 3 rings (SSSR count). The Morgan fingerprint density at radius 3 is 2.27 bits per heavy atom. The zero-order chi connectivity index (χ0) is 21.8. The average Bonchev–Trinajstić information content (AvgIpc) is 2.66. The second-order valence-electron chi connectivity index (χ2n) is 6.97. The number of anilines is 1. The zero-order valence-corrected chi connectivity index (χ0v) is 18.1. The summed E-state index contributed by atoms with van der Waals surface area (Å²) in [6.45, 7) is 4.04. The van der Waals surface area contributed by atoms with Gasteiger partial charge in [-0.3, -0.25) is 4.79 Å². The molecule has 0 aliphatic carbocycles. The van der Waals surface area contributed by atoms with Crippen LogP contribution in [0.2, 0.25) is 0 Å². The summed E-state index contributed by atoms with van der Waals surface area (Å²) in [6, 6.07) is 8.01. The number of halogens is 3. The summed E-state index contributed by atoms with van der Waals surface area (Å²) in [6.07, 6.45) is 1.54. The van der Waals surface area contributed by atoms with Gasteiger partial charge in [0.05, 0.1) is 12.1 Å². The molecule has 1 aromatic heterocycles. The van der Waals surface area contributed by atoms with Crippen molar-refractivity contribution in [3.8, 4) is 11.3 Å². The Morgan fingerprint density at radius 2 is 1.67 bits per heavy atom. The molecule has 0 atom stereocenters. The number of hydrogen-bond donors (Lipinski definition) is 2. The lowest BCUT2D eigenvalue weighted by Gasteiger charge is -2.12. The fourth-order valence-corrected chi connectivity index (χ4v) is 3.71. The van der Waals surface area contributed by atoms with Crippen LogP contribution in [0.3, 0.4) is 0 Å². The summed E-state index contributed by atoms with van der Waals surface area (Å²) in [7, 11) is 0. The van der Waals surface area contributed by atoms with Crippen molar-refractivity contribution < 1.29 is 18.7 Å². The number of carboxylic acids is 1. The van der Waals surface area contributed by atoms with Crippen molar-refractivity contribution in [2.45, 2.75) is 26.7 Å². The number of nitrogens with one attached hydrogen (secondary N) is 1. The molecule has 0 saturated heterocycles. The number of aromatic nitrogens is 2. The van der Waals surface area contributed by atoms with Crippen molar-refractivity contribution in [2.75, 3.05) is 11.9 Å². The van der Waals surface area contributed by atoms with Crippen LogP contribution in [-0.4, -0.2) is 27.6 Å².